The molecule has 2 aliphatic heterocycles. The lowest BCUT2D eigenvalue weighted by molar-refractivity contribution is 0.370. The van der Waals surface area contributed by atoms with Crippen molar-refractivity contribution in [3.63, 3.8) is 0 Å². The number of rotatable bonds is 0. The number of hydrogen-bond donors (Lipinski definition) is 1. The molecule has 2 aromatic rings. The van der Waals surface area contributed by atoms with E-state index in [0.29, 0.717) is 0 Å². The summed E-state index contributed by atoms with van der Waals surface area (Å²) >= 11 is 3.59. The van der Waals surface area contributed by atoms with Crippen LogP contribution in [-0.2, 0) is 0 Å². The molecule has 0 amide bonds. The zero-order valence-electron chi connectivity index (χ0n) is 13.5. The lowest BCUT2D eigenvalue weighted by Crippen LogP contribution is -2.38. The quantitative estimate of drug-likeness (QED) is 0.733. The first-order chi connectivity index (χ1) is 11.8. The Morgan fingerprint density at radius 1 is 1.00 bits per heavy atom. The van der Waals surface area contributed by atoms with Crippen LogP contribution in [0.5, 0.6) is 11.5 Å². The normalized spacial score (nSPS) is 17.5. The van der Waals surface area contributed by atoms with Gasteiger partial charge in [-0.25, -0.2) is 4.99 Å². The van der Waals surface area contributed by atoms with Crippen molar-refractivity contribution in [2.45, 2.75) is 12.8 Å². The predicted octanol–water partition coefficient (Wildman–Crippen LogP) is 4.32. The Bertz CT molecular complexity index is 767. The first-order valence-electron chi connectivity index (χ1n) is 8.42. The summed E-state index contributed by atoms with van der Waals surface area (Å²) in [5.74, 6) is 2.69. The number of hydrogen-bond acceptors (Lipinski definition) is 4. The average Bonchev–Trinajstić information content (AvgIpc) is 2.71. The van der Waals surface area contributed by atoms with Crippen molar-refractivity contribution in [1.82, 2.24) is 10.2 Å². The van der Waals surface area contributed by atoms with Crippen LogP contribution in [0.25, 0.3) is 0 Å². The van der Waals surface area contributed by atoms with Gasteiger partial charge in [0.05, 0.1) is 5.56 Å². The van der Waals surface area contributed by atoms with Gasteiger partial charge in [-0.2, -0.15) is 0 Å². The number of benzene rings is 2. The fourth-order valence-electron chi connectivity index (χ4n) is 3.17. The summed E-state index contributed by atoms with van der Waals surface area (Å²) in [6, 6.07) is 14.1. The molecule has 2 heterocycles. The van der Waals surface area contributed by atoms with E-state index in [4.69, 9.17) is 9.73 Å². The van der Waals surface area contributed by atoms with Crippen molar-refractivity contribution in [3.8, 4) is 11.5 Å². The van der Waals surface area contributed by atoms with Crippen LogP contribution in [0.2, 0.25) is 0 Å². The van der Waals surface area contributed by atoms with Crippen molar-refractivity contribution in [2.24, 2.45) is 4.99 Å². The zero-order chi connectivity index (χ0) is 16.4. The molecule has 5 heteroatoms. The summed E-state index contributed by atoms with van der Waals surface area (Å²) in [5, 5.41) is 3.47. The maximum atomic E-state index is 6.16. The van der Waals surface area contributed by atoms with Crippen molar-refractivity contribution in [1.29, 1.82) is 0 Å². The van der Waals surface area contributed by atoms with E-state index in [1.165, 1.54) is 0 Å². The van der Waals surface area contributed by atoms with Crippen molar-refractivity contribution in [2.75, 3.05) is 26.2 Å². The number of aliphatic imine (C=N–C) groups is 1. The molecule has 0 unspecified atom stereocenters. The third kappa shape index (κ3) is 3.19. The lowest BCUT2D eigenvalue weighted by atomic mass is 10.1. The fourth-order valence-corrected chi connectivity index (χ4v) is 3.54. The smallest absolute Gasteiger partial charge is 0.153 e. The van der Waals surface area contributed by atoms with Gasteiger partial charge in [-0.05, 0) is 56.3 Å². The Labute approximate surface area is 150 Å². The van der Waals surface area contributed by atoms with Crippen LogP contribution >= 0.6 is 15.9 Å². The number of ether oxygens (including phenoxy) is 1. The second kappa shape index (κ2) is 6.95. The summed E-state index contributed by atoms with van der Waals surface area (Å²) < 4.78 is 7.20. The Hall–Kier alpha value is -1.85. The van der Waals surface area contributed by atoms with Crippen LogP contribution in [0, 0.1) is 0 Å². The van der Waals surface area contributed by atoms with Crippen LogP contribution in [0.1, 0.15) is 18.4 Å². The number of nitrogens with zero attached hydrogens (tertiary/aromatic N) is 2. The van der Waals surface area contributed by atoms with Crippen molar-refractivity contribution >= 4 is 27.5 Å². The number of nitrogens with one attached hydrogen (secondary N) is 1. The SMILES string of the molecule is Brc1ccc2c(c1)C(N1CCCNCCC1)=Nc1ccccc1O2. The molecular weight excluding hydrogens is 366 g/mol. The molecule has 4 nitrogen and oxygen atoms in total. The maximum absolute atomic E-state index is 6.16. The molecule has 0 radical (unpaired) electrons. The van der Waals surface area contributed by atoms with E-state index in [-0.39, 0.29) is 0 Å². The van der Waals surface area contributed by atoms with E-state index in [1.807, 2.05) is 36.4 Å². The highest BCUT2D eigenvalue weighted by atomic mass is 79.9. The third-order valence-electron chi connectivity index (χ3n) is 4.36. The number of para-hydroxylation sites is 2. The van der Waals surface area contributed by atoms with E-state index in [1.54, 1.807) is 0 Å². The fraction of sp³-hybridized carbons (Fsp3) is 0.316. The van der Waals surface area contributed by atoms with Gasteiger partial charge in [0.1, 0.15) is 17.3 Å². The van der Waals surface area contributed by atoms with Gasteiger partial charge in [-0.1, -0.05) is 28.1 Å². The average molecular weight is 386 g/mol. The van der Waals surface area contributed by atoms with Crippen LogP contribution in [0.3, 0.4) is 0 Å². The van der Waals surface area contributed by atoms with Gasteiger partial charge in [0.15, 0.2) is 5.75 Å². The highest BCUT2D eigenvalue weighted by Crippen LogP contribution is 2.38. The Balaban J connectivity index is 1.82. The van der Waals surface area contributed by atoms with Crippen LogP contribution in [0.15, 0.2) is 51.9 Å². The largest absolute Gasteiger partial charge is 0.454 e. The van der Waals surface area contributed by atoms with Gasteiger partial charge in [0.2, 0.25) is 0 Å². The van der Waals surface area contributed by atoms with Crippen LogP contribution < -0.4 is 10.1 Å². The number of fused-ring (bicyclic) bond motifs is 2. The van der Waals surface area contributed by atoms with E-state index in [9.17, 15) is 0 Å². The second-order valence-corrected chi connectivity index (χ2v) is 7.01. The molecule has 0 aliphatic carbocycles. The molecule has 0 spiro atoms. The first-order valence-corrected chi connectivity index (χ1v) is 9.22. The molecule has 0 saturated carbocycles. The molecule has 24 heavy (non-hydrogen) atoms. The zero-order valence-corrected chi connectivity index (χ0v) is 15.1. The molecule has 2 aromatic carbocycles. The van der Waals surface area contributed by atoms with Gasteiger partial charge in [-0.15, -0.1) is 0 Å². The topological polar surface area (TPSA) is 36.9 Å². The van der Waals surface area contributed by atoms with Gasteiger partial charge >= 0.3 is 0 Å². The standard InChI is InChI=1S/C19H20BrN3O/c20-14-7-8-17-15(13-14)19(23-11-3-9-21-10-4-12-23)22-16-5-1-2-6-18(16)24-17/h1-2,5-8,13,21H,3-4,9-12H2. The van der Waals surface area contributed by atoms with Crippen molar-refractivity contribution < 1.29 is 4.74 Å². The first kappa shape index (κ1) is 15.7. The predicted molar refractivity (Wildman–Crippen MR) is 101 cm³/mol. The van der Waals surface area contributed by atoms with E-state index >= 15 is 0 Å². The molecule has 4 rings (SSSR count). The summed E-state index contributed by atoms with van der Waals surface area (Å²) in [6.07, 6.45) is 2.23. The lowest BCUT2D eigenvalue weighted by Gasteiger charge is -2.28. The van der Waals surface area contributed by atoms with Gasteiger partial charge in [0.25, 0.3) is 0 Å². The Morgan fingerprint density at radius 3 is 2.62 bits per heavy atom. The number of amidine groups is 1. The summed E-state index contributed by atoms with van der Waals surface area (Å²) in [6.45, 7) is 4.12. The van der Waals surface area contributed by atoms with Crippen LogP contribution in [0.4, 0.5) is 5.69 Å². The molecule has 1 saturated heterocycles. The minimum Gasteiger partial charge on any atom is -0.454 e. The molecule has 0 bridgehead atoms. The monoisotopic (exact) mass is 385 g/mol. The van der Waals surface area contributed by atoms with E-state index in [2.05, 4.69) is 32.2 Å². The number of halogens is 1. The second-order valence-electron chi connectivity index (χ2n) is 6.09. The van der Waals surface area contributed by atoms with Crippen LogP contribution in [-0.4, -0.2) is 36.9 Å². The summed E-state index contributed by atoms with van der Waals surface area (Å²) in [4.78, 5) is 7.39. The summed E-state index contributed by atoms with van der Waals surface area (Å²) in [5.41, 5.74) is 1.94. The molecule has 0 aromatic heterocycles. The highest BCUT2D eigenvalue weighted by Gasteiger charge is 2.23. The van der Waals surface area contributed by atoms with Gasteiger partial charge in [0, 0.05) is 17.6 Å². The van der Waals surface area contributed by atoms with Crippen molar-refractivity contribution in [3.05, 3.63) is 52.5 Å². The minimum absolute atomic E-state index is 0.810. The molecule has 2 aliphatic rings. The highest BCUT2D eigenvalue weighted by molar-refractivity contribution is 9.10. The summed E-state index contributed by atoms with van der Waals surface area (Å²) in [7, 11) is 0. The Morgan fingerprint density at radius 2 is 1.79 bits per heavy atom. The molecule has 1 N–H and O–H groups in total. The van der Waals surface area contributed by atoms with Gasteiger partial charge in [-0.3, -0.25) is 0 Å². The maximum Gasteiger partial charge on any atom is 0.153 e. The van der Waals surface area contributed by atoms with Gasteiger partial charge < -0.3 is 15.0 Å². The van der Waals surface area contributed by atoms with E-state index in [0.717, 1.165) is 72.1 Å². The molecule has 1 fully saturated rings. The molecule has 0 atom stereocenters. The molecular formula is C19H20BrN3O. The molecule has 124 valence electrons. The third-order valence-corrected chi connectivity index (χ3v) is 4.85. The van der Waals surface area contributed by atoms with E-state index < -0.39 is 0 Å². The Kier molecular flexibility index (Phi) is 4.54. The minimum atomic E-state index is 0.810.